The molecule has 2 fully saturated rings. The van der Waals surface area contributed by atoms with Crippen LogP contribution in [0, 0.1) is 5.41 Å². The number of esters is 2. The number of carbonyl (C=O) groups is 2. The average molecular weight is 322 g/mol. The van der Waals surface area contributed by atoms with E-state index in [1.807, 2.05) is 5.38 Å². The first kappa shape index (κ1) is 15.0. The van der Waals surface area contributed by atoms with Crippen LogP contribution in [-0.2, 0) is 24.7 Å². The largest absolute Gasteiger partial charge is 0.462 e. The molecule has 0 unspecified atom stereocenters. The summed E-state index contributed by atoms with van der Waals surface area (Å²) in [5.41, 5.74) is -1.42. The first-order valence-electron chi connectivity index (χ1n) is 7.15. The van der Waals surface area contributed by atoms with E-state index in [1.54, 1.807) is 19.9 Å². The van der Waals surface area contributed by atoms with Crippen molar-refractivity contribution in [3.8, 4) is 0 Å². The first-order valence-corrected chi connectivity index (χ1v) is 8.03. The summed E-state index contributed by atoms with van der Waals surface area (Å²) >= 11 is 1.43. The zero-order valence-corrected chi connectivity index (χ0v) is 13.4. The van der Waals surface area contributed by atoms with Gasteiger partial charge in [-0.2, -0.15) is 0 Å². The fourth-order valence-corrected chi connectivity index (χ4v) is 3.95. The Kier molecular flexibility index (Phi) is 3.47. The highest BCUT2D eigenvalue weighted by Crippen LogP contribution is 2.52. The Bertz CT molecular complexity index is 643. The number of ether oxygens (including phenoxy) is 2. The lowest BCUT2D eigenvalue weighted by atomic mass is 9.78. The van der Waals surface area contributed by atoms with E-state index in [0.29, 0.717) is 18.7 Å². The molecular formula is C15H18N2O4S. The lowest BCUT2D eigenvalue weighted by molar-refractivity contribution is -0.160. The van der Waals surface area contributed by atoms with Gasteiger partial charge in [0.25, 0.3) is 0 Å². The number of cyclic esters (lactones) is 2. The monoisotopic (exact) mass is 322 g/mol. The van der Waals surface area contributed by atoms with E-state index in [-0.39, 0.29) is 12.5 Å². The minimum Gasteiger partial charge on any atom is -0.462 e. The number of nitrogens with zero attached hydrogens (tertiary/aromatic N) is 1. The number of anilines is 1. The van der Waals surface area contributed by atoms with Crippen LogP contribution >= 0.6 is 11.3 Å². The van der Waals surface area contributed by atoms with E-state index in [2.05, 4.69) is 16.9 Å². The molecule has 2 aliphatic rings. The number of hydrogen-bond donors (Lipinski definition) is 1. The van der Waals surface area contributed by atoms with E-state index in [1.165, 1.54) is 11.3 Å². The molecule has 3 heterocycles. The highest BCUT2D eigenvalue weighted by molar-refractivity contribution is 7.13. The molecule has 2 saturated heterocycles. The third kappa shape index (κ3) is 2.20. The number of carbonyl (C=O) groups excluding carboxylic acids is 2. The molecule has 0 amide bonds. The first-order chi connectivity index (χ1) is 10.4. The molecule has 0 saturated carbocycles. The Morgan fingerprint density at radius 2 is 2.32 bits per heavy atom. The van der Waals surface area contributed by atoms with Gasteiger partial charge in [0, 0.05) is 24.8 Å². The zero-order chi connectivity index (χ0) is 16.0. The highest BCUT2D eigenvalue weighted by Gasteiger charge is 2.65. The van der Waals surface area contributed by atoms with E-state index in [9.17, 15) is 9.59 Å². The van der Waals surface area contributed by atoms with Crippen LogP contribution in [-0.4, -0.2) is 29.6 Å². The molecule has 0 aromatic carbocycles. The molecule has 1 N–H and O–H groups in total. The van der Waals surface area contributed by atoms with Crippen molar-refractivity contribution in [2.75, 3.05) is 11.9 Å². The van der Waals surface area contributed by atoms with Crippen LogP contribution in [0.15, 0.2) is 18.0 Å². The van der Waals surface area contributed by atoms with Crippen LogP contribution in [0.2, 0.25) is 0 Å². The third-order valence-electron chi connectivity index (χ3n) is 4.13. The number of rotatable bonds is 4. The van der Waals surface area contributed by atoms with Crippen LogP contribution in [0.3, 0.4) is 0 Å². The summed E-state index contributed by atoms with van der Waals surface area (Å²) in [6.07, 6.45) is 2.12. The fraction of sp³-hybridized carbons (Fsp3) is 0.533. The minimum atomic E-state index is -1.17. The summed E-state index contributed by atoms with van der Waals surface area (Å²) in [5, 5.41) is 5.68. The SMILES string of the molecule is C=CCNc1nc([C@@]2(C)C[C@]3(C[C@H](C)OC3=O)C(=O)O2)cs1. The van der Waals surface area contributed by atoms with E-state index >= 15 is 0 Å². The van der Waals surface area contributed by atoms with Gasteiger partial charge < -0.3 is 14.8 Å². The summed E-state index contributed by atoms with van der Waals surface area (Å²) in [6.45, 7) is 7.83. The normalized spacial score (nSPS) is 33.8. The summed E-state index contributed by atoms with van der Waals surface area (Å²) < 4.78 is 10.7. The molecule has 1 spiro atoms. The summed E-state index contributed by atoms with van der Waals surface area (Å²) in [5.74, 6) is -0.980. The van der Waals surface area contributed by atoms with Gasteiger partial charge in [-0.05, 0) is 13.8 Å². The number of aromatic nitrogens is 1. The molecule has 3 rings (SSSR count). The van der Waals surface area contributed by atoms with Gasteiger partial charge in [-0.15, -0.1) is 17.9 Å². The predicted molar refractivity (Wildman–Crippen MR) is 81.5 cm³/mol. The molecule has 1 aromatic heterocycles. The van der Waals surface area contributed by atoms with Crippen LogP contribution in [0.5, 0.6) is 0 Å². The standard InChI is InChI=1S/C15H18N2O4S/c1-4-5-16-13-17-10(7-22-13)14(3)8-15(12(19)21-14)6-9(2)20-11(15)18/h4,7,9H,1,5-6,8H2,2-3H3,(H,16,17)/t9-,14+,15-/m0/s1. The van der Waals surface area contributed by atoms with Crippen molar-refractivity contribution in [2.45, 2.75) is 38.4 Å². The van der Waals surface area contributed by atoms with Crippen molar-refractivity contribution >= 4 is 28.4 Å². The Labute approximate surface area is 132 Å². The van der Waals surface area contributed by atoms with Crippen molar-refractivity contribution in [2.24, 2.45) is 5.41 Å². The van der Waals surface area contributed by atoms with Gasteiger partial charge in [0.05, 0.1) is 5.69 Å². The number of thiazole rings is 1. The zero-order valence-electron chi connectivity index (χ0n) is 12.5. The summed E-state index contributed by atoms with van der Waals surface area (Å²) in [6, 6.07) is 0. The van der Waals surface area contributed by atoms with E-state index in [0.717, 1.165) is 5.13 Å². The second-order valence-corrected chi connectivity index (χ2v) is 6.86. The molecule has 0 radical (unpaired) electrons. The smallest absolute Gasteiger partial charge is 0.324 e. The Balaban J connectivity index is 1.86. The van der Waals surface area contributed by atoms with E-state index < -0.39 is 23.0 Å². The molecule has 3 atom stereocenters. The Morgan fingerprint density at radius 1 is 1.55 bits per heavy atom. The topological polar surface area (TPSA) is 77.5 Å². The van der Waals surface area contributed by atoms with Gasteiger partial charge in [-0.1, -0.05) is 6.08 Å². The predicted octanol–water partition coefficient (Wildman–Crippen LogP) is 2.22. The lowest BCUT2D eigenvalue weighted by Crippen LogP contribution is -2.31. The van der Waals surface area contributed by atoms with Gasteiger partial charge in [0.15, 0.2) is 16.1 Å². The van der Waals surface area contributed by atoms with Crippen molar-refractivity contribution in [1.82, 2.24) is 4.98 Å². The van der Waals surface area contributed by atoms with Crippen LogP contribution in [0.1, 0.15) is 32.4 Å². The Morgan fingerprint density at radius 3 is 2.95 bits per heavy atom. The molecule has 0 aliphatic carbocycles. The molecule has 6 nitrogen and oxygen atoms in total. The van der Waals surface area contributed by atoms with Crippen molar-refractivity contribution < 1.29 is 19.1 Å². The molecule has 1 aromatic rings. The van der Waals surface area contributed by atoms with Gasteiger partial charge in [0.2, 0.25) is 0 Å². The average Bonchev–Trinajstić information content (AvgIpc) is 3.08. The second kappa shape index (κ2) is 5.08. The molecule has 2 aliphatic heterocycles. The fourth-order valence-electron chi connectivity index (χ4n) is 3.11. The maximum absolute atomic E-state index is 12.3. The highest BCUT2D eigenvalue weighted by atomic mass is 32.1. The summed E-state index contributed by atoms with van der Waals surface area (Å²) in [7, 11) is 0. The molecule has 118 valence electrons. The van der Waals surface area contributed by atoms with Gasteiger partial charge >= 0.3 is 11.9 Å². The number of nitrogens with one attached hydrogen (secondary N) is 1. The van der Waals surface area contributed by atoms with Crippen LogP contribution in [0.25, 0.3) is 0 Å². The third-order valence-corrected chi connectivity index (χ3v) is 4.93. The Hall–Kier alpha value is -1.89. The van der Waals surface area contributed by atoms with Gasteiger partial charge in [-0.25, -0.2) is 4.98 Å². The summed E-state index contributed by atoms with van der Waals surface area (Å²) in [4.78, 5) is 28.9. The number of hydrogen-bond acceptors (Lipinski definition) is 7. The molecule has 0 bridgehead atoms. The molecule has 22 heavy (non-hydrogen) atoms. The molecule has 7 heteroatoms. The quantitative estimate of drug-likeness (QED) is 0.520. The second-order valence-electron chi connectivity index (χ2n) is 6.01. The van der Waals surface area contributed by atoms with Gasteiger partial charge in [0.1, 0.15) is 6.10 Å². The minimum absolute atomic E-state index is 0.261. The molecular weight excluding hydrogens is 304 g/mol. The maximum Gasteiger partial charge on any atom is 0.324 e. The van der Waals surface area contributed by atoms with Crippen molar-refractivity contribution in [3.63, 3.8) is 0 Å². The lowest BCUT2D eigenvalue weighted by Gasteiger charge is -2.20. The van der Waals surface area contributed by atoms with Crippen LogP contribution in [0.4, 0.5) is 5.13 Å². The van der Waals surface area contributed by atoms with Crippen molar-refractivity contribution in [3.05, 3.63) is 23.7 Å². The van der Waals surface area contributed by atoms with E-state index in [4.69, 9.17) is 9.47 Å². The van der Waals surface area contributed by atoms with Crippen LogP contribution < -0.4 is 5.32 Å². The van der Waals surface area contributed by atoms with Crippen molar-refractivity contribution in [1.29, 1.82) is 0 Å². The van der Waals surface area contributed by atoms with Gasteiger partial charge in [-0.3, -0.25) is 9.59 Å². The maximum atomic E-state index is 12.3.